The third-order valence-corrected chi connectivity index (χ3v) is 6.35. The highest BCUT2D eigenvalue weighted by Gasteiger charge is 2.63. The minimum atomic E-state index is -0.324. The molecule has 4 heterocycles. The number of ether oxygens (including phenoxy) is 1. The van der Waals surface area contributed by atoms with Crippen molar-refractivity contribution in [3.05, 3.63) is 46.2 Å². The SMILES string of the molecule is Cc1nn(Cc2ccc(Cl)cc2)c(C)c1N1C(=O)[C@H]2[C@H](C1=O)[C@H]1CC[C@H]2O1. The van der Waals surface area contributed by atoms with E-state index in [1.807, 2.05) is 42.8 Å². The zero-order valence-electron chi connectivity index (χ0n) is 15.2. The third-order valence-electron chi connectivity index (χ3n) is 6.10. The predicted molar refractivity (Wildman–Crippen MR) is 99.6 cm³/mol. The van der Waals surface area contributed by atoms with Gasteiger partial charge in [-0.25, -0.2) is 4.90 Å². The average Bonchev–Trinajstić information content (AvgIpc) is 3.37. The summed E-state index contributed by atoms with van der Waals surface area (Å²) in [6.07, 6.45) is 1.52. The molecule has 4 atom stereocenters. The van der Waals surface area contributed by atoms with Gasteiger partial charge in [-0.2, -0.15) is 5.10 Å². The lowest BCUT2D eigenvalue weighted by atomic mass is 9.81. The average molecular weight is 386 g/mol. The first kappa shape index (κ1) is 17.0. The second-order valence-corrected chi connectivity index (χ2v) is 8.09. The van der Waals surface area contributed by atoms with E-state index in [9.17, 15) is 9.59 Å². The molecule has 0 spiro atoms. The summed E-state index contributed by atoms with van der Waals surface area (Å²) in [5.41, 5.74) is 3.19. The van der Waals surface area contributed by atoms with Gasteiger partial charge < -0.3 is 4.74 Å². The summed E-state index contributed by atoms with van der Waals surface area (Å²) in [5, 5.41) is 5.28. The maximum absolute atomic E-state index is 13.1. The van der Waals surface area contributed by atoms with E-state index in [1.54, 1.807) is 0 Å². The minimum absolute atomic E-state index is 0.105. The van der Waals surface area contributed by atoms with Gasteiger partial charge in [0.2, 0.25) is 11.8 Å². The molecule has 7 heteroatoms. The number of benzene rings is 1. The maximum Gasteiger partial charge on any atom is 0.240 e. The fraction of sp³-hybridized carbons (Fsp3) is 0.450. The lowest BCUT2D eigenvalue weighted by Crippen LogP contribution is -2.35. The molecule has 140 valence electrons. The molecule has 3 aliphatic heterocycles. The molecule has 1 aromatic heterocycles. The van der Waals surface area contributed by atoms with Gasteiger partial charge in [0.25, 0.3) is 0 Å². The minimum Gasteiger partial charge on any atom is -0.373 e. The van der Waals surface area contributed by atoms with Gasteiger partial charge in [-0.15, -0.1) is 0 Å². The Bertz CT molecular complexity index is 924. The zero-order valence-corrected chi connectivity index (χ0v) is 15.9. The lowest BCUT2D eigenvalue weighted by molar-refractivity contribution is -0.124. The Hall–Kier alpha value is -2.18. The Kier molecular flexibility index (Phi) is 3.71. The number of hydrogen-bond donors (Lipinski definition) is 0. The fourth-order valence-electron chi connectivity index (χ4n) is 4.86. The highest BCUT2D eigenvalue weighted by molar-refractivity contribution is 6.30. The quantitative estimate of drug-likeness (QED) is 0.762. The van der Waals surface area contributed by atoms with Crippen molar-refractivity contribution in [3.63, 3.8) is 0 Å². The summed E-state index contributed by atoms with van der Waals surface area (Å²) in [4.78, 5) is 27.5. The topological polar surface area (TPSA) is 64.4 Å². The summed E-state index contributed by atoms with van der Waals surface area (Å²) in [5.74, 6) is -0.909. The number of carbonyl (C=O) groups is 2. The Morgan fingerprint density at radius 1 is 1.07 bits per heavy atom. The number of halogens is 1. The van der Waals surface area contributed by atoms with Gasteiger partial charge in [-0.1, -0.05) is 23.7 Å². The van der Waals surface area contributed by atoms with Crippen LogP contribution < -0.4 is 4.90 Å². The van der Waals surface area contributed by atoms with E-state index >= 15 is 0 Å². The number of carbonyl (C=O) groups excluding carboxylic acids is 2. The highest BCUT2D eigenvalue weighted by Crippen LogP contribution is 2.50. The summed E-state index contributed by atoms with van der Waals surface area (Å²) >= 11 is 5.95. The lowest BCUT2D eigenvalue weighted by Gasteiger charge is -2.18. The first-order valence-electron chi connectivity index (χ1n) is 9.27. The van der Waals surface area contributed by atoms with Crippen molar-refractivity contribution >= 4 is 29.1 Å². The van der Waals surface area contributed by atoms with E-state index in [2.05, 4.69) is 5.10 Å². The molecule has 2 bridgehead atoms. The predicted octanol–water partition coefficient (Wildman–Crippen LogP) is 2.87. The van der Waals surface area contributed by atoms with Crippen LogP contribution in [0.25, 0.3) is 0 Å². The Labute approximate surface area is 162 Å². The van der Waals surface area contributed by atoms with Gasteiger partial charge in [-0.3, -0.25) is 14.3 Å². The van der Waals surface area contributed by atoms with E-state index in [1.165, 1.54) is 4.90 Å². The molecule has 2 aromatic rings. The molecule has 0 aliphatic carbocycles. The van der Waals surface area contributed by atoms with Crippen molar-refractivity contribution in [2.45, 2.75) is 45.4 Å². The number of imide groups is 1. The van der Waals surface area contributed by atoms with E-state index in [4.69, 9.17) is 16.3 Å². The Balaban J connectivity index is 1.49. The van der Waals surface area contributed by atoms with Gasteiger partial charge >= 0.3 is 0 Å². The van der Waals surface area contributed by atoms with Crippen LogP contribution in [0.15, 0.2) is 24.3 Å². The summed E-state index contributed by atoms with van der Waals surface area (Å²) in [6.45, 7) is 4.31. The van der Waals surface area contributed by atoms with Gasteiger partial charge in [0.05, 0.1) is 47.7 Å². The number of aryl methyl sites for hydroxylation is 1. The zero-order chi connectivity index (χ0) is 18.9. The molecule has 27 heavy (non-hydrogen) atoms. The molecule has 3 aliphatic rings. The monoisotopic (exact) mass is 385 g/mol. The van der Waals surface area contributed by atoms with Crippen molar-refractivity contribution < 1.29 is 14.3 Å². The fourth-order valence-corrected chi connectivity index (χ4v) is 4.99. The van der Waals surface area contributed by atoms with Crippen LogP contribution in [0, 0.1) is 25.7 Å². The number of amides is 2. The summed E-state index contributed by atoms with van der Waals surface area (Å²) in [6, 6.07) is 7.58. The maximum atomic E-state index is 13.1. The molecule has 2 amide bonds. The summed E-state index contributed by atoms with van der Waals surface area (Å²) < 4.78 is 7.66. The Morgan fingerprint density at radius 2 is 1.67 bits per heavy atom. The molecule has 0 saturated carbocycles. The van der Waals surface area contributed by atoms with Crippen molar-refractivity contribution in [2.75, 3.05) is 4.90 Å². The van der Waals surface area contributed by atoms with Crippen LogP contribution in [0.5, 0.6) is 0 Å². The molecular formula is C20H20ClN3O3. The third kappa shape index (κ3) is 2.39. The molecule has 0 N–H and O–H groups in total. The van der Waals surface area contributed by atoms with Gasteiger partial charge in [0.1, 0.15) is 0 Å². The molecular weight excluding hydrogens is 366 g/mol. The van der Waals surface area contributed by atoms with E-state index in [0.29, 0.717) is 22.9 Å². The normalized spacial score (nSPS) is 29.1. The van der Waals surface area contributed by atoms with Crippen molar-refractivity contribution in [3.8, 4) is 0 Å². The molecule has 6 nitrogen and oxygen atoms in total. The van der Waals surface area contributed by atoms with Crippen molar-refractivity contribution in [2.24, 2.45) is 11.8 Å². The van der Waals surface area contributed by atoms with E-state index in [0.717, 1.165) is 24.1 Å². The molecule has 5 rings (SSSR count). The number of hydrogen-bond acceptors (Lipinski definition) is 4. The van der Waals surface area contributed by atoms with Gasteiger partial charge in [0.15, 0.2) is 0 Å². The number of aromatic nitrogens is 2. The first-order chi connectivity index (χ1) is 13.0. The van der Waals surface area contributed by atoms with Crippen LogP contribution in [0.4, 0.5) is 5.69 Å². The molecule has 1 aromatic carbocycles. The van der Waals surface area contributed by atoms with Crippen LogP contribution in [0.1, 0.15) is 29.8 Å². The van der Waals surface area contributed by atoms with Crippen LogP contribution >= 0.6 is 11.6 Å². The van der Waals surface area contributed by atoms with E-state index < -0.39 is 0 Å². The van der Waals surface area contributed by atoms with Crippen molar-refractivity contribution in [1.29, 1.82) is 0 Å². The van der Waals surface area contributed by atoms with Gasteiger partial charge in [-0.05, 0) is 44.4 Å². The molecule has 0 unspecified atom stereocenters. The number of rotatable bonds is 3. The van der Waals surface area contributed by atoms with Crippen LogP contribution in [-0.4, -0.2) is 33.8 Å². The van der Waals surface area contributed by atoms with E-state index in [-0.39, 0.29) is 35.9 Å². The van der Waals surface area contributed by atoms with Crippen LogP contribution in [-0.2, 0) is 20.9 Å². The smallest absolute Gasteiger partial charge is 0.240 e. The van der Waals surface area contributed by atoms with Gasteiger partial charge in [0, 0.05) is 5.02 Å². The molecule has 3 fully saturated rings. The first-order valence-corrected chi connectivity index (χ1v) is 9.65. The number of fused-ring (bicyclic) bond motifs is 5. The largest absolute Gasteiger partial charge is 0.373 e. The van der Waals surface area contributed by atoms with Crippen LogP contribution in [0.3, 0.4) is 0 Å². The second-order valence-electron chi connectivity index (χ2n) is 7.66. The molecule has 3 saturated heterocycles. The van der Waals surface area contributed by atoms with Crippen molar-refractivity contribution in [1.82, 2.24) is 9.78 Å². The second kappa shape index (κ2) is 5.91. The summed E-state index contributed by atoms with van der Waals surface area (Å²) in [7, 11) is 0. The Morgan fingerprint density at radius 3 is 2.26 bits per heavy atom. The molecule has 0 radical (unpaired) electrons. The standard InChI is InChI=1S/C20H20ClN3O3/c1-10-18(11(2)23(22-10)9-12-3-5-13(21)6-4-12)24-19(25)16-14-7-8-15(27-14)17(16)20(24)26/h3-6,14-17H,7-9H2,1-2H3/t14-,15-,16-,17-/m1/s1. The number of nitrogens with zero attached hydrogens (tertiary/aromatic N) is 3. The highest BCUT2D eigenvalue weighted by atomic mass is 35.5. The number of anilines is 1. The van der Waals surface area contributed by atoms with Crippen LogP contribution in [0.2, 0.25) is 5.02 Å².